The van der Waals surface area contributed by atoms with Crippen molar-refractivity contribution in [2.24, 2.45) is 0 Å². The van der Waals surface area contributed by atoms with Crippen molar-refractivity contribution in [3.05, 3.63) is 69.8 Å². The molecule has 0 fully saturated rings. The van der Waals surface area contributed by atoms with Crippen molar-refractivity contribution in [2.75, 3.05) is 6.61 Å². The molecule has 21 heavy (non-hydrogen) atoms. The molecule has 0 spiro atoms. The number of allylic oxidation sites excluding steroid dienone is 1. The van der Waals surface area contributed by atoms with Gasteiger partial charge in [-0.25, -0.2) is 0 Å². The molecule has 0 amide bonds. The number of hydrogen-bond acceptors (Lipinski definition) is 2. The molecule has 0 unspecified atom stereocenters. The Bertz CT molecular complexity index is 618. The summed E-state index contributed by atoms with van der Waals surface area (Å²) in [7, 11) is 0. The third-order valence-electron chi connectivity index (χ3n) is 2.97. The summed E-state index contributed by atoms with van der Waals surface area (Å²) in [5, 5.41) is 0. The average Bonchev–Trinajstić information content (AvgIpc) is 2.54. The van der Waals surface area contributed by atoms with E-state index >= 15 is 0 Å². The van der Waals surface area contributed by atoms with Gasteiger partial charge in [-0.2, -0.15) is 0 Å². The molecule has 0 aliphatic heterocycles. The number of ether oxygens (including phenoxy) is 1. The Labute approximate surface area is 135 Å². The zero-order chi connectivity index (χ0) is 15.1. The second-order valence-electron chi connectivity index (χ2n) is 4.46. The van der Waals surface area contributed by atoms with E-state index < -0.39 is 20.9 Å². The van der Waals surface area contributed by atoms with Gasteiger partial charge in [-0.05, 0) is 0 Å². The van der Waals surface area contributed by atoms with Crippen LogP contribution in [-0.2, 0) is 9.53 Å². The molecule has 0 radical (unpaired) electrons. The van der Waals surface area contributed by atoms with Gasteiger partial charge >= 0.3 is 136 Å². The second kappa shape index (κ2) is 8.02. The molecule has 2 nitrogen and oxygen atoms in total. The van der Waals surface area contributed by atoms with Gasteiger partial charge in [0.1, 0.15) is 0 Å². The van der Waals surface area contributed by atoms with E-state index in [0.29, 0.717) is 6.61 Å². The third kappa shape index (κ3) is 4.46. The molecular formula is C18H18O2Te. The van der Waals surface area contributed by atoms with Crippen LogP contribution in [0.3, 0.4) is 0 Å². The Morgan fingerprint density at radius 2 is 1.57 bits per heavy atom. The Morgan fingerprint density at radius 3 is 2.14 bits per heavy atom. The van der Waals surface area contributed by atoms with Gasteiger partial charge in [0, 0.05) is 0 Å². The number of esters is 1. The van der Waals surface area contributed by atoms with Crippen LogP contribution in [0.15, 0.2) is 64.3 Å². The summed E-state index contributed by atoms with van der Waals surface area (Å²) in [5.41, 5.74) is 2.11. The first-order valence-corrected chi connectivity index (χ1v) is 9.21. The van der Waals surface area contributed by atoms with Gasteiger partial charge in [-0.15, -0.1) is 0 Å². The summed E-state index contributed by atoms with van der Waals surface area (Å²) < 4.78 is 7.34. The third-order valence-corrected chi connectivity index (χ3v) is 6.35. The molecule has 0 bridgehead atoms. The summed E-state index contributed by atoms with van der Waals surface area (Å²) in [6.45, 7) is 4.26. The maximum absolute atomic E-state index is 12.3. The maximum atomic E-state index is 12.3. The van der Waals surface area contributed by atoms with Crippen LogP contribution in [0.2, 0.25) is 0 Å². The second-order valence-corrected chi connectivity index (χ2v) is 7.55. The van der Waals surface area contributed by atoms with E-state index in [4.69, 9.17) is 4.74 Å². The molecule has 0 aliphatic rings. The van der Waals surface area contributed by atoms with Gasteiger partial charge in [-0.3, -0.25) is 0 Å². The Morgan fingerprint density at radius 1 is 1.00 bits per heavy atom. The minimum absolute atomic E-state index is 0.176. The molecule has 0 atom stereocenters. The summed E-state index contributed by atoms with van der Waals surface area (Å²) in [6.07, 6.45) is 0. The van der Waals surface area contributed by atoms with E-state index in [1.165, 1.54) is 3.61 Å². The molecule has 2 aromatic rings. The number of rotatable bonds is 5. The Hall–Kier alpha value is -1.56. The van der Waals surface area contributed by atoms with Crippen LogP contribution in [0, 0.1) is 0 Å². The normalized spacial score (nSPS) is 11.7. The molecule has 2 rings (SSSR count). The number of carbonyl (C=O) groups is 1. The number of carbonyl (C=O) groups excluding carboxylic acids is 1. The van der Waals surface area contributed by atoms with E-state index in [2.05, 4.69) is 12.1 Å². The first-order chi connectivity index (χ1) is 10.2. The van der Waals surface area contributed by atoms with Crippen LogP contribution < -0.4 is 3.61 Å². The predicted molar refractivity (Wildman–Crippen MR) is 87.5 cm³/mol. The molecule has 108 valence electrons. The predicted octanol–water partition coefficient (Wildman–Crippen LogP) is 3.01. The van der Waals surface area contributed by atoms with Crippen molar-refractivity contribution >= 4 is 36.1 Å². The van der Waals surface area contributed by atoms with Gasteiger partial charge in [0.15, 0.2) is 0 Å². The van der Waals surface area contributed by atoms with Crippen LogP contribution in [0.1, 0.15) is 19.4 Å². The topological polar surface area (TPSA) is 26.3 Å². The average molecular weight is 394 g/mol. The molecule has 0 N–H and O–H groups in total. The summed E-state index contributed by atoms with van der Waals surface area (Å²) in [4.78, 5) is 12.3. The SMILES string of the molecule is CCOC(=O)/C([Te]c1ccccc1)=C(/C)c1ccccc1. The van der Waals surface area contributed by atoms with E-state index in [-0.39, 0.29) is 5.97 Å². The molecule has 0 heterocycles. The van der Waals surface area contributed by atoms with E-state index in [0.717, 1.165) is 14.8 Å². The molecular weight excluding hydrogens is 376 g/mol. The van der Waals surface area contributed by atoms with Crippen molar-refractivity contribution in [3.63, 3.8) is 0 Å². The quantitative estimate of drug-likeness (QED) is 0.443. The van der Waals surface area contributed by atoms with Crippen LogP contribution in [-0.4, -0.2) is 33.5 Å². The van der Waals surface area contributed by atoms with Crippen LogP contribution in [0.5, 0.6) is 0 Å². The standard InChI is InChI=1S/C18H18O2Te/c1-3-20-18(19)17(21-16-12-8-5-9-13-16)14(2)15-10-6-4-7-11-15/h4-13H,3H2,1-2H3/b17-14+. The fraction of sp³-hybridized carbons (Fsp3) is 0.167. The Balaban J connectivity index is 2.38. The minimum atomic E-state index is -0.760. The van der Waals surface area contributed by atoms with E-state index in [9.17, 15) is 4.79 Å². The van der Waals surface area contributed by atoms with Crippen molar-refractivity contribution in [2.45, 2.75) is 13.8 Å². The van der Waals surface area contributed by atoms with Crippen molar-refractivity contribution in [3.8, 4) is 0 Å². The van der Waals surface area contributed by atoms with Crippen LogP contribution in [0.4, 0.5) is 0 Å². The summed E-state index contributed by atoms with van der Waals surface area (Å²) >= 11 is -0.760. The molecule has 2 aromatic carbocycles. The summed E-state index contributed by atoms with van der Waals surface area (Å²) in [6, 6.07) is 20.2. The van der Waals surface area contributed by atoms with E-state index in [1.54, 1.807) is 0 Å². The first-order valence-electron chi connectivity index (χ1n) is 6.88. The zero-order valence-corrected chi connectivity index (χ0v) is 14.5. The molecule has 0 aromatic heterocycles. The molecule has 3 heteroatoms. The molecule has 0 saturated heterocycles. The molecule has 0 aliphatic carbocycles. The molecule has 0 saturated carbocycles. The zero-order valence-electron chi connectivity index (χ0n) is 12.2. The van der Waals surface area contributed by atoms with Gasteiger partial charge < -0.3 is 0 Å². The Kier molecular flexibility index (Phi) is 6.04. The fourth-order valence-electron chi connectivity index (χ4n) is 1.89. The van der Waals surface area contributed by atoms with Gasteiger partial charge in [-0.1, -0.05) is 0 Å². The van der Waals surface area contributed by atoms with Gasteiger partial charge in [0.05, 0.1) is 0 Å². The summed E-state index contributed by atoms with van der Waals surface area (Å²) in [5.74, 6) is -0.176. The van der Waals surface area contributed by atoms with E-state index in [1.807, 2.05) is 62.4 Å². The van der Waals surface area contributed by atoms with Crippen LogP contribution >= 0.6 is 0 Å². The van der Waals surface area contributed by atoms with Crippen molar-refractivity contribution < 1.29 is 9.53 Å². The van der Waals surface area contributed by atoms with Gasteiger partial charge in [0.2, 0.25) is 0 Å². The number of benzene rings is 2. The van der Waals surface area contributed by atoms with Crippen molar-refractivity contribution in [1.82, 2.24) is 0 Å². The van der Waals surface area contributed by atoms with Crippen LogP contribution in [0.25, 0.3) is 5.57 Å². The first kappa shape index (κ1) is 15.8. The monoisotopic (exact) mass is 396 g/mol. The fourth-order valence-corrected chi connectivity index (χ4v) is 4.58. The van der Waals surface area contributed by atoms with Gasteiger partial charge in [0.25, 0.3) is 0 Å². The number of hydrogen-bond donors (Lipinski definition) is 0. The van der Waals surface area contributed by atoms with Crippen molar-refractivity contribution in [1.29, 1.82) is 0 Å².